The smallest absolute Gasteiger partial charge is 0.308 e. The highest BCUT2D eigenvalue weighted by Gasteiger charge is 2.35. The summed E-state index contributed by atoms with van der Waals surface area (Å²) in [6, 6.07) is 2.24. The minimum atomic E-state index is -0.668. The van der Waals surface area contributed by atoms with E-state index in [-0.39, 0.29) is 12.0 Å². The number of hydrogen-bond donors (Lipinski definition) is 2. The van der Waals surface area contributed by atoms with Crippen molar-refractivity contribution in [3.8, 4) is 0 Å². The molecule has 1 aliphatic carbocycles. The van der Waals surface area contributed by atoms with Crippen LogP contribution < -0.4 is 5.32 Å². The van der Waals surface area contributed by atoms with Gasteiger partial charge in [-0.3, -0.25) is 4.79 Å². The van der Waals surface area contributed by atoms with Crippen LogP contribution in [0.4, 0.5) is 0 Å². The second-order valence-electron chi connectivity index (χ2n) is 3.64. The van der Waals surface area contributed by atoms with Gasteiger partial charge in [-0.25, -0.2) is 0 Å². The maximum atomic E-state index is 10.7. The van der Waals surface area contributed by atoms with Gasteiger partial charge in [-0.05, 0) is 35.2 Å². The van der Waals surface area contributed by atoms with Gasteiger partial charge in [0.15, 0.2) is 0 Å². The lowest BCUT2D eigenvalue weighted by molar-refractivity contribution is -0.146. The fraction of sp³-hybridized carbons (Fsp3) is 0.500. The van der Waals surface area contributed by atoms with E-state index in [2.05, 4.69) is 16.8 Å². The molecule has 1 aliphatic rings. The lowest BCUT2D eigenvalue weighted by atomic mass is 9.79. The van der Waals surface area contributed by atoms with Crippen LogP contribution in [0.1, 0.15) is 18.4 Å². The topological polar surface area (TPSA) is 49.3 Å². The second-order valence-corrected chi connectivity index (χ2v) is 4.42. The van der Waals surface area contributed by atoms with Gasteiger partial charge in [-0.2, -0.15) is 11.3 Å². The predicted octanol–water partition coefficient (Wildman–Crippen LogP) is 1.70. The third-order valence-corrected chi connectivity index (χ3v) is 3.47. The van der Waals surface area contributed by atoms with E-state index >= 15 is 0 Å². The van der Waals surface area contributed by atoms with Gasteiger partial charge in [0, 0.05) is 12.6 Å². The van der Waals surface area contributed by atoms with Crippen LogP contribution >= 0.6 is 11.3 Å². The molecule has 1 saturated carbocycles. The monoisotopic (exact) mass is 211 g/mol. The summed E-state index contributed by atoms with van der Waals surface area (Å²) < 4.78 is 0. The summed E-state index contributed by atoms with van der Waals surface area (Å²) in [6.07, 6.45) is 1.80. The first-order chi connectivity index (χ1) is 6.77. The van der Waals surface area contributed by atoms with Crippen molar-refractivity contribution in [3.63, 3.8) is 0 Å². The highest BCUT2D eigenvalue weighted by molar-refractivity contribution is 7.07. The van der Waals surface area contributed by atoms with Crippen molar-refractivity contribution in [3.05, 3.63) is 22.4 Å². The number of thiophene rings is 1. The van der Waals surface area contributed by atoms with Crippen LogP contribution in [-0.2, 0) is 11.3 Å². The fourth-order valence-electron chi connectivity index (χ4n) is 1.68. The van der Waals surface area contributed by atoms with Crippen LogP contribution in [0, 0.1) is 5.92 Å². The molecule has 0 saturated heterocycles. The van der Waals surface area contributed by atoms with Gasteiger partial charge in [-0.15, -0.1) is 0 Å². The molecule has 0 spiro atoms. The Morgan fingerprint density at radius 2 is 2.50 bits per heavy atom. The number of carbonyl (C=O) groups is 1. The highest BCUT2D eigenvalue weighted by atomic mass is 32.1. The molecule has 14 heavy (non-hydrogen) atoms. The van der Waals surface area contributed by atoms with Crippen molar-refractivity contribution < 1.29 is 9.90 Å². The maximum absolute atomic E-state index is 10.7. The van der Waals surface area contributed by atoms with Crippen LogP contribution in [0.15, 0.2) is 16.8 Å². The van der Waals surface area contributed by atoms with Gasteiger partial charge in [0.1, 0.15) is 0 Å². The third-order valence-electron chi connectivity index (χ3n) is 2.74. The maximum Gasteiger partial charge on any atom is 0.308 e. The van der Waals surface area contributed by atoms with Crippen molar-refractivity contribution in [2.24, 2.45) is 5.92 Å². The van der Waals surface area contributed by atoms with Gasteiger partial charge >= 0.3 is 5.97 Å². The summed E-state index contributed by atoms with van der Waals surface area (Å²) in [5.74, 6) is -0.840. The summed E-state index contributed by atoms with van der Waals surface area (Å²) in [5, 5.41) is 16.2. The molecule has 76 valence electrons. The van der Waals surface area contributed by atoms with Gasteiger partial charge in [-0.1, -0.05) is 0 Å². The molecule has 2 atom stereocenters. The molecular weight excluding hydrogens is 198 g/mol. The molecule has 3 nitrogen and oxygen atoms in total. The first kappa shape index (κ1) is 9.68. The Hall–Kier alpha value is -0.870. The molecule has 0 bridgehead atoms. The number of carboxylic acids is 1. The number of carboxylic acid groups (broad SMARTS) is 1. The number of rotatable bonds is 4. The third kappa shape index (κ3) is 1.96. The molecule has 4 heteroatoms. The molecule has 0 aromatic carbocycles. The summed E-state index contributed by atoms with van der Waals surface area (Å²) in [6.45, 7) is 0.790. The van der Waals surface area contributed by atoms with Crippen molar-refractivity contribution in [2.45, 2.75) is 25.4 Å². The average Bonchev–Trinajstić information content (AvgIpc) is 2.53. The zero-order valence-corrected chi connectivity index (χ0v) is 8.59. The molecule has 0 amide bonds. The Labute approximate surface area is 86.8 Å². The van der Waals surface area contributed by atoms with Gasteiger partial charge in [0.2, 0.25) is 0 Å². The lowest BCUT2D eigenvalue weighted by Crippen LogP contribution is -2.47. The molecule has 1 aromatic heterocycles. The van der Waals surface area contributed by atoms with Crippen molar-refractivity contribution >= 4 is 17.3 Å². The van der Waals surface area contributed by atoms with Crippen LogP contribution in [0.5, 0.6) is 0 Å². The summed E-state index contributed by atoms with van der Waals surface area (Å²) in [4.78, 5) is 10.7. The minimum Gasteiger partial charge on any atom is -0.481 e. The minimum absolute atomic E-state index is 0.173. The first-order valence-electron chi connectivity index (χ1n) is 4.74. The van der Waals surface area contributed by atoms with E-state index in [1.54, 1.807) is 11.3 Å². The van der Waals surface area contributed by atoms with E-state index in [0.717, 1.165) is 19.4 Å². The van der Waals surface area contributed by atoms with E-state index < -0.39 is 5.97 Å². The van der Waals surface area contributed by atoms with Gasteiger partial charge in [0.25, 0.3) is 0 Å². The van der Waals surface area contributed by atoms with E-state index in [4.69, 9.17) is 5.11 Å². The Morgan fingerprint density at radius 1 is 1.64 bits per heavy atom. The molecule has 2 unspecified atom stereocenters. The molecule has 2 rings (SSSR count). The molecular formula is C10H13NO2S. The largest absolute Gasteiger partial charge is 0.481 e. The van der Waals surface area contributed by atoms with E-state index in [9.17, 15) is 4.79 Å². The molecule has 0 aliphatic heterocycles. The number of nitrogens with one attached hydrogen (secondary N) is 1. The molecule has 0 radical (unpaired) electrons. The predicted molar refractivity (Wildman–Crippen MR) is 55.3 cm³/mol. The van der Waals surface area contributed by atoms with Crippen LogP contribution in [-0.4, -0.2) is 17.1 Å². The van der Waals surface area contributed by atoms with Crippen molar-refractivity contribution in [2.75, 3.05) is 0 Å². The van der Waals surface area contributed by atoms with Gasteiger partial charge in [0.05, 0.1) is 5.92 Å². The average molecular weight is 211 g/mol. The number of hydrogen-bond acceptors (Lipinski definition) is 3. The molecule has 1 heterocycles. The normalized spacial score (nSPS) is 25.7. The number of aliphatic carboxylic acids is 1. The Morgan fingerprint density at radius 3 is 3.00 bits per heavy atom. The zero-order valence-electron chi connectivity index (χ0n) is 7.77. The molecule has 2 N–H and O–H groups in total. The summed E-state index contributed by atoms with van der Waals surface area (Å²) >= 11 is 1.67. The summed E-state index contributed by atoms with van der Waals surface area (Å²) in [5.41, 5.74) is 1.24. The quantitative estimate of drug-likeness (QED) is 0.797. The van der Waals surface area contributed by atoms with Crippen molar-refractivity contribution in [1.29, 1.82) is 0 Å². The Bertz CT molecular complexity index is 310. The Balaban J connectivity index is 1.79. The zero-order chi connectivity index (χ0) is 9.97. The van der Waals surface area contributed by atoms with E-state index in [1.807, 2.05) is 5.38 Å². The standard InChI is InChI=1S/C10H13NO2S/c12-10(13)8-1-2-9(8)11-5-7-3-4-14-6-7/h3-4,6,8-9,11H,1-2,5H2,(H,12,13). The fourth-order valence-corrected chi connectivity index (χ4v) is 2.35. The second kappa shape index (κ2) is 4.11. The van der Waals surface area contributed by atoms with E-state index in [1.165, 1.54) is 5.56 Å². The highest BCUT2D eigenvalue weighted by Crippen LogP contribution is 2.27. The van der Waals surface area contributed by atoms with Crippen LogP contribution in [0.2, 0.25) is 0 Å². The molecule has 1 fully saturated rings. The van der Waals surface area contributed by atoms with Crippen molar-refractivity contribution in [1.82, 2.24) is 5.32 Å². The van der Waals surface area contributed by atoms with E-state index in [0.29, 0.717) is 0 Å². The Kier molecular flexibility index (Phi) is 2.84. The van der Waals surface area contributed by atoms with Crippen LogP contribution in [0.3, 0.4) is 0 Å². The lowest BCUT2D eigenvalue weighted by Gasteiger charge is -2.34. The van der Waals surface area contributed by atoms with Gasteiger partial charge < -0.3 is 10.4 Å². The first-order valence-corrected chi connectivity index (χ1v) is 5.69. The molecule has 1 aromatic rings. The summed E-state index contributed by atoms with van der Waals surface area (Å²) in [7, 11) is 0. The van der Waals surface area contributed by atoms with Crippen LogP contribution in [0.25, 0.3) is 0 Å². The SMILES string of the molecule is O=C(O)C1CCC1NCc1ccsc1.